The summed E-state index contributed by atoms with van der Waals surface area (Å²) in [5.74, 6) is 1.66. The standard InChI is InChI=1S/C17H26BrNO/c1-5-9-19-16(14-11-17(14,3)4)13-8-7-12(20-6-2)10-15(13)18/h7-8,10,14,16,19H,5-6,9,11H2,1-4H3. The summed E-state index contributed by atoms with van der Waals surface area (Å²) in [5.41, 5.74) is 1.82. The Hall–Kier alpha value is -0.540. The van der Waals surface area contributed by atoms with E-state index in [1.54, 1.807) is 0 Å². The van der Waals surface area contributed by atoms with Gasteiger partial charge in [0.25, 0.3) is 0 Å². The van der Waals surface area contributed by atoms with Crippen molar-refractivity contribution in [3.63, 3.8) is 0 Å². The van der Waals surface area contributed by atoms with E-state index in [9.17, 15) is 0 Å². The zero-order valence-electron chi connectivity index (χ0n) is 13.0. The molecule has 1 N–H and O–H groups in total. The van der Waals surface area contributed by atoms with E-state index in [1.165, 1.54) is 12.0 Å². The van der Waals surface area contributed by atoms with Gasteiger partial charge in [-0.2, -0.15) is 0 Å². The Kier molecular flexibility index (Phi) is 5.14. The quantitative estimate of drug-likeness (QED) is 0.759. The van der Waals surface area contributed by atoms with Crippen LogP contribution in [0.3, 0.4) is 0 Å². The number of hydrogen-bond acceptors (Lipinski definition) is 2. The van der Waals surface area contributed by atoms with Gasteiger partial charge in [0, 0.05) is 10.5 Å². The van der Waals surface area contributed by atoms with Crippen molar-refractivity contribution in [2.24, 2.45) is 11.3 Å². The molecule has 0 aliphatic heterocycles. The number of nitrogens with one attached hydrogen (secondary N) is 1. The minimum Gasteiger partial charge on any atom is -0.494 e. The molecule has 0 bridgehead atoms. The van der Waals surface area contributed by atoms with Crippen molar-refractivity contribution in [2.45, 2.75) is 46.6 Å². The molecule has 112 valence electrons. The van der Waals surface area contributed by atoms with Crippen LogP contribution in [0.25, 0.3) is 0 Å². The predicted molar refractivity (Wildman–Crippen MR) is 88.2 cm³/mol. The molecule has 1 aliphatic carbocycles. The Balaban J connectivity index is 2.20. The largest absolute Gasteiger partial charge is 0.494 e. The van der Waals surface area contributed by atoms with Gasteiger partial charge in [-0.05, 0) is 55.3 Å². The van der Waals surface area contributed by atoms with E-state index < -0.39 is 0 Å². The Bertz CT molecular complexity index is 458. The predicted octanol–water partition coefficient (Wildman–Crippen LogP) is 4.93. The normalized spacial score (nSPS) is 21.6. The zero-order chi connectivity index (χ0) is 14.8. The van der Waals surface area contributed by atoms with E-state index in [0.29, 0.717) is 18.1 Å². The van der Waals surface area contributed by atoms with Crippen LogP contribution < -0.4 is 10.1 Å². The second kappa shape index (κ2) is 6.48. The summed E-state index contributed by atoms with van der Waals surface area (Å²) >= 11 is 3.72. The SMILES string of the molecule is CCCNC(c1ccc(OCC)cc1Br)C1CC1(C)C. The molecular weight excluding hydrogens is 314 g/mol. The Morgan fingerprint density at radius 3 is 2.60 bits per heavy atom. The van der Waals surface area contributed by atoms with Crippen LogP contribution >= 0.6 is 15.9 Å². The van der Waals surface area contributed by atoms with Gasteiger partial charge in [0.2, 0.25) is 0 Å². The van der Waals surface area contributed by atoms with Gasteiger partial charge in [0.1, 0.15) is 5.75 Å². The lowest BCUT2D eigenvalue weighted by molar-refractivity contribution is 0.339. The van der Waals surface area contributed by atoms with Gasteiger partial charge in [-0.15, -0.1) is 0 Å². The van der Waals surface area contributed by atoms with Crippen molar-refractivity contribution in [1.82, 2.24) is 5.32 Å². The van der Waals surface area contributed by atoms with Gasteiger partial charge in [-0.3, -0.25) is 0 Å². The van der Waals surface area contributed by atoms with E-state index in [4.69, 9.17) is 4.74 Å². The first-order chi connectivity index (χ1) is 9.49. The highest BCUT2D eigenvalue weighted by atomic mass is 79.9. The molecule has 0 aromatic heterocycles. The summed E-state index contributed by atoms with van der Waals surface area (Å²) in [5, 5.41) is 3.72. The lowest BCUT2D eigenvalue weighted by atomic mass is 9.96. The third-order valence-corrected chi connectivity index (χ3v) is 4.91. The molecule has 2 unspecified atom stereocenters. The Morgan fingerprint density at radius 1 is 1.40 bits per heavy atom. The summed E-state index contributed by atoms with van der Waals surface area (Å²) in [4.78, 5) is 0. The average molecular weight is 340 g/mol. The van der Waals surface area contributed by atoms with Crippen LogP contribution in [0, 0.1) is 11.3 Å². The van der Waals surface area contributed by atoms with E-state index >= 15 is 0 Å². The zero-order valence-corrected chi connectivity index (χ0v) is 14.6. The van der Waals surface area contributed by atoms with Crippen molar-refractivity contribution in [3.05, 3.63) is 28.2 Å². The minimum atomic E-state index is 0.440. The molecule has 2 rings (SSSR count). The van der Waals surface area contributed by atoms with Crippen LogP contribution in [0.15, 0.2) is 22.7 Å². The van der Waals surface area contributed by atoms with Crippen LogP contribution in [0.4, 0.5) is 0 Å². The first-order valence-corrected chi connectivity index (χ1v) is 8.44. The maximum absolute atomic E-state index is 5.57. The molecule has 0 heterocycles. The van der Waals surface area contributed by atoms with E-state index in [1.807, 2.05) is 6.92 Å². The molecule has 0 spiro atoms. The molecule has 0 radical (unpaired) electrons. The molecule has 1 aromatic carbocycles. The van der Waals surface area contributed by atoms with Gasteiger partial charge in [-0.25, -0.2) is 0 Å². The lowest BCUT2D eigenvalue weighted by Gasteiger charge is -2.22. The maximum Gasteiger partial charge on any atom is 0.120 e. The number of halogens is 1. The molecule has 3 heteroatoms. The van der Waals surface area contributed by atoms with Crippen molar-refractivity contribution in [1.29, 1.82) is 0 Å². The van der Waals surface area contributed by atoms with Crippen molar-refractivity contribution in [2.75, 3.05) is 13.2 Å². The van der Waals surface area contributed by atoms with E-state index in [0.717, 1.165) is 29.1 Å². The van der Waals surface area contributed by atoms with Crippen LogP contribution in [0.5, 0.6) is 5.75 Å². The summed E-state index contributed by atoms with van der Waals surface area (Å²) in [6.07, 6.45) is 2.46. The van der Waals surface area contributed by atoms with Gasteiger partial charge >= 0.3 is 0 Å². The molecule has 0 saturated heterocycles. The summed E-state index contributed by atoms with van der Waals surface area (Å²) in [6.45, 7) is 10.7. The second-order valence-electron chi connectivity index (χ2n) is 6.35. The molecule has 20 heavy (non-hydrogen) atoms. The molecule has 1 fully saturated rings. The third kappa shape index (κ3) is 3.56. The van der Waals surface area contributed by atoms with Crippen molar-refractivity contribution < 1.29 is 4.74 Å². The molecule has 2 nitrogen and oxygen atoms in total. The van der Waals surface area contributed by atoms with Crippen LogP contribution in [-0.2, 0) is 0 Å². The average Bonchev–Trinajstić information content (AvgIpc) is 3.01. The fourth-order valence-corrected chi connectivity index (χ4v) is 3.47. The van der Waals surface area contributed by atoms with Gasteiger partial charge < -0.3 is 10.1 Å². The van der Waals surface area contributed by atoms with Crippen molar-refractivity contribution in [3.8, 4) is 5.75 Å². The number of rotatable bonds is 7. The highest BCUT2D eigenvalue weighted by Crippen LogP contribution is 2.58. The number of hydrogen-bond donors (Lipinski definition) is 1. The summed E-state index contributed by atoms with van der Waals surface area (Å²) in [7, 11) is 0. The lowest BCUT2D eigenvalue weighted by Crippen LogP contribution is -2.25. The first kappa shape index (κ1) is 15.8. The van der Waals surface area contributed by atoms with Gasteiger partial charge in [0.05, 0.1) is 6.61 Å². The van der Waals surface area contributed by atoms with Gasteiger partial charge in [-0.1, -0.05) is 42.8 Å². The minimum absolute atomic E-state index is 0.440. The molecule has 2 atom stereocenters. The number of benzene rings is 1. The molecule has 1 aliphatic rings. The topological polar surface area (TPSA) is 21.3 Å². The van der Waals surface area contributed by atoms with E-state index in [-0.39, 0.29) is 0 Å². The van der Waals surface area contributed by atoms with Gasteiger partial charge in [0.15, 0.2) is 0 Å². The monoisotopic (exact) mass is 339 g/mol. The first-order valence-electron chi connectivity index (χ1n) is 7.65. The van der Waals surface area contributed by atoms with Crippen LogP contribution in [0.2, 0.25) is 0 Å². The third-order valence-electron chi connectivity index (χ3n) is 4.22. The molecule has 0 amide bonds. The molecule has 1 aromatic rings. The Morgan fingerprint density at radius 2 is 2.10 bits per heavy atom. The van der Waals surface area contributed by atoms with Crippen LogP contribution in [-0.4, -0.2) is 13.2 Å². The van der Waals surface area contributed by atoms with Crippen LogP contribution in [0.1, 0.15) is 52.1 Å². The highest BCUT2D eigenvalue weighted by molar-refractivity contribution is 9.10. The molecule has 1 saturated carbocycles. The molecular formula is C17H26BrNO. The highest BCUT2D eigenvalue weighted by Gasteiger charge is 2.50. The van der Waals surface area contributed by atoms with Crippen molar-refractivity contribution >= 4 is 15.9 Å². The van der Waals surface area contributed by atoms with E-state index in [2.05, 4.69) is 60.2 Å². The maximum atomic E-state index is 5.57. The second-order valence-corrected chi connectivity index (χ2v) is 7.20. The Labute approximate surface area is 131 Å². The fourth-order valence-electron chi connectivity index (χ4n) is 2.86. The smallest absolute Gasteiger partial charge is 0.120 e. The number of ether oxygens (including phenoxy) is 1. The summed E-state index contributed by atoms with van der Waals surface area (Å²) < 4.78 is 6.72. The summed E-state index contributed by atoms with van der Waals surface area (Å²) in [6, 6.07) is 6.82. The fraction of sp³-hybridized carbons (Fsp3) is 0.647.